The number of benzene rings is 1. The molecule has 0 saturated carbocycles. The van der Waals surface area contributed by atoms with Crippen molar-refractivity contribution in [1.29, 1.82) is 0 Å². The first-order chi connectivity index (χ1) is 22.3. The lowest BCUT2D eigenvalue weighted by atomic mass is 9.85. The lowest BCUT2D eigenvalue weighted by Gasteiger charge is -2.43. The van der Waals surface area contributed by atoms with Crippen LogP contribution in [0.2, 0.25) is 19.1 Å². The molecule has 4 heterocycles. The molecule has 0 bridgehead atoms. The van der Waals surface area contributed by atoms with Crippen LogP contribution in [0.3, 0.4) is 0 Å². The van der Waals surface area contributed by atoms with Crippen LogP contribution < -0.4 is 15.6 Å². The highest BCUT2D eigenvalue weighted by Gasteiger charge is 2.56. The van der Waals surface area contributed by atoms with E-state index in [9.17, 15) is 24.0 Å². The molecule has 2 aliphatic rings. The number of nitrogens with one attached hydrogen (secondary N) is 1. The fourth-order valence-corrected chi connectivity index (χ4v) is 10.6. The number of hydrogen-bond acceptors (Lipinski definition) is 10. The number of aromatic nitrogens is 2. The Hall–Kier alpha value is -4.52. The van der Waals surface area contributed by atoms with Gasteiger partial charge in [0.1, 0.15) is 31.7 Å². The zero-order chi connectivity index (χ0) is 35.3. The van der Waals surface area contributed by atoms with Crippen LogP contribution in [0.15, 0.2) is 35.1 Å². The van der Waals surface area contributed by atoms with Gasteiger partial charge in [-0.05, 0) is 63.4 Å². The maximum Gasteiger partial charge on any atom is 0.408 e. The number of cyclic esters (lactones) is 1. The summed E-state index contributed by atoms with van der Waals surface area (Å²) in [6.07, 6.45) is -0.834. The predicted molar refractivity (Wildman–Crippen MR) is 180 cm³/mol. The summed E-state index contributed by atoms with van der Waals surface area (Å²) < 4.78 is 24.2. The van der Waals surface area contributed by atoms with Crippen LogP contribution in [0.4, 0.5) is 4.79 Å². The normalized spacial score (nSPS) is 18.5. The lowest BCUT2D eigenvalue weighted by Crippen LogP contribution is -2.54. The number of esters is 3. The summed E-state index contributed by atoms with van der Waals surface area (Å²) in [5.41, 5.74) is -0.837. The highest BCUT2D eigenvalue weighted by Crippen LogP contribution is 2.47. The molecular weight excluding hydrogens is 634 g/mol. The zero-order valence-electron chi connectivity index (χ0n) is 28.9. The number of hydrogen-bond donors (Lipinski definition) is 1. The second kappa shape index (κ2) is 12.5. The van der Waals surface area contributed by atoms with Crippen molar-refractivity contribution in [2.24, 2.45) is 5.92 Å². The largest absolute Gasteiger partial charge is 0.458 e. The summed E-state index contributed by atoms with van der Waals surface area (Å²) in [5.74, 6) is -1.42. The summed E-state index contributed by atoms with van der Waals surface area (Å²) in [6, 6.07) is 9.52. The number of rotatable bonds is 8. The van der Waals surface area contributed by atoms with Gasteiger partial charge in [-0.25, -0.2) is 14.6 Å². The highest BCUT2D eigenvalue weighted by atomic mass is 28.3. The quantitative estimate of drug-likeness (QED) is 0.109. The summed E-state index contributed by atoms with van der Waals surface area (Å²) in [7, 11) is -2.46. The number of fused-ring (bicyclic) bond motifs is 5. The Kier molecular flexibility index (Phi) is 9.06. The molecule has 1 N–H and O–H groups in total. The van der Waals surface area contributed by atoms with Gasteiger partial charge in [-0.15, -0.1) is 0 Å². The van der Waals surface area contributed by atoms with Gasteiger partial charge in [0.25, 0.3) is 5.56 Å². The first-order valence-corrected chi connectivity index (χ1v) is 19.4. The standard InChI is InChI=1S/C35H43N3O9Si/c1-10-35(46-27(40)16-36-33(43)47-34(5,6)7)24-15-26-29-22(13-21-14-23(44-20(4)39)11-12-25(21)37-29)17-38(26)30(41)28(24)31(45-32(35)42)48(8,9)18-19(2)3/h11-15,19,31H,10,16-18H2,1-9H3,(H,36,43). The van der Waals surface area contributed by atoms with Crippen molar-refractivity contribution in [3.63, 3.8) is 0 Å². The molecule has 0 radical (unpaired) electrons. The number of alkyl carbamates (subject to hydrolysis) is 1. The Morgan fingerprint density at radius 1 is 1.15 bits per heavy atom. The summed E-state index contributed by atoms with van der Waals surface area (Å²) in [6.45, 7) is 16.1. The fourth-order valence-electron chi connectivity index (χ4n) is 6.82. The van der Waals surface area contributed by atoms with Crippen molar-refractivity contribution in [3.8, 4) is 17.1 Å². The monoisotopic (exact) mass is 677 g/mol. The summed E-state index contributed by atoms with van der Waals surface area (Å²) in [4.78, 5) is 70.6. The molecule has 3 aromatic rings. The molecular formula is C35H43N3O9Si. The lowest BCUT2D eigenvalue weighted by molar-refractivity contribution is -0.190. The van der Waals surface area contributed by atoms with Crippen LogP contribution in [0, 0.1) is 5.92 Å². The van der Waals surface area contributed by atoms with Gasteiger partial charge >= 0.3 is 24.0 Å². The van der Waals surface area contributed by atoms with Crippen LogP contribution in [0.25, 0.3) is 22.3 Å². The average Bonchev–Trinajstić information content (AvgIpc) is 3.32. The van der Waals surface area contributed by atoms with Crippen LogP contribution in [0.5, 0.6) is 5.75 Å². The van der Waals surface area contributed by atoms with Crippen LogP contribution in [-0.4, -0.2) is 53.8 Å². The molecule has 0 saturated heterocycles. The van der Waals surface area contributed by atoms with Gasteiger partial charge in [-0.2, -0.15) is 0 Å². The number of ether oxygens (including phenoxy) is 4. The molecule has 48 heavy (non-hydrogen) atoms. The van der Waals surface area contributed by atoms with E-state index in [0.717, 1.165) is 17.0 Å². The first kappa shape index (κ1) is 34.8. The van der Waals surface area contributed by atoms with Gasteiger partial charge < -0.3 is 28.8 Å². The smallest absolute Gasteiger partial charge is 0.408 e. The second-order valence-corrected chi connectivity index (χ2v) is 19.5. The van der Waals surface area contributed by atoms with E-state index in [4.69, 9.17) is 23.9 Å². The Bertz CT molecular complexity index is 1890. The van der Waals surface area contributed by atoms with Crippen molar-refractivity contribution in [3.05, 3.63) is 57.4 Å². The molecule has 0 fully saturated rings. The number of amides is 1. The van der Waals surface area contributed by atoms with Crippen LogP contribution in [-0.2, 0) is 40.7 Å². The minimum Gasteiger partial charge on any atom is -0.458 e. The maximum absolute atomic E-state index is 14.6. The van der Waals surface area contributed by atoms with Gasteiger partial charge in [0.05, 0.1) is 29.0 Å². The number of carbonyl (C=O) groups excluding carboxylic acids is 4. The van der Waals surface area contributed by atoms with Gasteiger partial charge in [0.15, 0.2) is 0 Å². The van der Waals surface area contributed by atoms with Crippen LogP contribution >= 0.6 is 0 Å². The molecule has 12 nitrogen and oxygen atoms in total. The van der Waals surface area contributed by atoms with Gasteiger partial charge in [-0.1, -0.05) is 39.9 Å². The topological polar surface area (TPSA) is 152 Å². The average molecular weight is 678 g/mol. The van der Waals surface area contributed by atoms with Crippen molar-refractivity contribution in [1.82, 2.24) is 14.9 Å². The third-order valence-corrected chi connectivity index (χ3v) is 12.2. The van der Waals surface area contributed by atoms with E-state index in [1.54, 1.807) is 56.5 Å². The molecule has 2 atom stereocenters. The number of pyridine rings is 2. The fraction of sp³-hybridized carbons (Fsp3) is 0.486. The van der Waals surface area contributed by atoms with E-state index in [1.165, 1.54) is 6.92 Å². The minimum atomic E-state index is -2.46. The summed E-state index contributed by atoms with van der Waals surface area (Å²) in [5, 5.41) is 3.11. The molecule has 0 aliphatic carbocycles. The molecule has 256 valence electrons. The van der Waals surface area contributed by atoms with Crippen molar-refractivity contribution < 1.29 is 38.1 Å². The molecule has 13 heteroatoms. The molecule has 2 aliphatic heterocycles. The van der Waals surface area contributed by atoms with E-state index in [1.807, 2.05) is 6.07 Å². The van der Waals surface area contributed by atoms with Gasteiger partial charge in [-0.3, -0.25) is 14.4 Å². The Balaban J connectivity index is 1.64. The van der Waals surface area contributed by atoms with E-state index in [0.29, 0.717) is 34.1 Å². The van der Waals surface area contributed by atoms with E-state index in [2.05, 4.69) is 32.3 Å². The number of carbonyl (C=O) groups is 4. The maximum atomic E-state index is 14.6. The molecule has 5 rings (SSSR count). The third kappa shape index (κ3) is 6.60. The molecule has 2 unspecified atom stereocenters. The zero-order valence-corrected chi connectivity index (χ0v) is 29.9. The van der Waals surface area contributed by atoms with Crippen molar-refractivity contribution in [2.45, 2.75) is 97.5 Å². The molecule has 1 aromatic carbocycles. The Morgan fingerprint density at radius 2 is 1.85 bits per heavy atom. The van der Waals surface area contributed by atoms with Crippen LogP contribution in [0.1, 0.15) is 77.3 Å². The van der Waals surface area contributed by atoms with E-state index < -0.39 is 55.5 Å². The van der Waals surface area contributed by atoms with E-state index in [-0.39, 0.29) is 24.1 Å². The van der Waals surface area contributed by atoms with Crippen molar-refractivity contribution in [2.75, 3.05) is 6.54 Å². The molecule has 2 aromatic heterocycles. The van der Waals surface area contributed by atoms with E-state index >= 15 is 0 Å². The van der Waals surface area contributed by atoms with Gasteiger partial charge in [0.2, 0.25) is 5.60 Å². The SMILES string of the molecule is CCC1(OC(=O)CNC(=O)OC(C)(C)C)C(=O)OC([Si](C)(C)CC(C)C)c2c1cc1n(c2=O)Cc2cc3cc(OC(C)=O)ccc3nc2-1. The summed E-state index contributed by atoms with van der Waals surface area (Å²) >= 11 is 0. The minimum absolute atomic E-state index is 0.0181. The molecule has 1 amide bonds. The third-order valence-electron chi connectivity index (χ3n) is 8.49. The Morgan fingerprint density at radius 3 is 2.48 bits per heavy atom. The van der Waals surface area contributed by atoms with Crippen molar-refractivity contribution >= 4 is 43.0 Å². The number of nitrogens with zero attached hydrogens (tertiary/aromatic N) is 2. The molecule has 0 spiro atoms. The highest BCUT2D eigenvalue weighted by molar-refractivity contribution is 6.78. The Labute approximate surface area is 280 Å². The first-order valence-electron chi connectivity index (χ1n) is 16.2. The predicted octanol–water partition coefficient (Wildman–Crippen LogP) is 5.53. The second-order valence-electron chi connectivity index (χ2n) is 14.6. The van der Waals surface area contributed by atoms with Gasteiger partial charge in [0, 0.05) is 23.4 Å².